The maximum atomic E-state index is 6.13. The van der Waals surface area contributed by atoms with Crippen LogP contribution in [0.2, 0.25) is 10.0 Å². The lowest BCUT2D eigenvalue weighted by Crippen LogP contribution is -2.01. The average molecular weight is 298 g/mol. The van der Waals surface area contributed by atoms with Crippen LogP contribution in [0, 0.1) is 0 Å². The Morgan fingerprint density at radius 1 is 1.11 bits per heavy atom. The Hall–Kier alpha value is -0.830. The predicted molar refractivity (Wildman–Crippen MR) is 82.0 cm³/mol. The molecule has 4 heteroatoms. The van der Waals surface area contributed by atoms with Crippen LogP contribution >= 0.6 is 35.0 Å². The van der Waals surface area contributed by atoms with Crippen LogP contribution in [0.4, 0.5) is 5.69 Å². The van der Waals surface area contributed by atoms with Crippen molar-refractivity contribution in [1.29, 1.82) is 0 Å². The van der Waals surface area contributed by atoms with Gasteiger partial charge in [0.15, 0.2) is 0 Å². The number of benzene rings is 2. The molecule has 0 radical (unpaired) electrons. The number of para-hydroxylation sites is 1. The van der Waals surface area contributed by atoms with Crippen molar-refractivity contribution >= 4 is 40.7 Å². The average Bonchev–Trinajstić information content (AvgIpc) is 2.40. The van der Waals surface area contributed by atoms with E-state index in [1.54, 1.807) is 17.8 Å². The van der Waals surface area contributed by atoms with Crippen molar-refractivity contribution in [3.05, 3.63) is 58.1 Å². The van der Waals surface area contributed by atoms with E-state index in [4.69, 9.17) is 23.2 Å². The van der Waals surface area contributed by atoms with Crippen molar-refractivity contribution in [2.24, 2.45) is 0 Å². The second-order valence-electron chi connectivity index (χ2n) is 3.79. The topological polar surface area (TPSA) is 12.0 Å². The van der Waals surface area contributed by atoms with E-state index in [0.29, 0.717) is 11.6 Å². The maximum Gasteiger partial charge on any atom is 0.0480 e. The summed E-state index contributed by atoms with van der Waals surface area (Å²) < 4.78 is 0. The van der Waals surface area contributed by atoms with Gasteiger partial charge in [-0.05, 0) is 42.2 Å². The molecule has 0 aromatic heterocycles. The summed E-state index contributed by atoms with van der Waals surface area (Å²) >= 11 is 13.8. The van der Waals surface area contributed by atoms with Gasteiger partial charge in [0.2, 0.25) is 0 Å². The Morgan fingerprint density at radius 3 is 2.67 bits per heavy atom. The van der Waals surface area contributed by atoms with E-state index < -0.39 is 0 Å². The summed E-state index contributed by atoms with van der Waals surface area (Å²) in [5.74, 6) is 0. The summed E-state index contributed by atoms with van der Waals surface area (Å²) in [6.45, 7) is 0.664. The van der Waals surface area contributed by atoms with Crippen molar-refractivity contribution in [3.63, 3.8) is 0 Å². The Bertz CT molecular complexity index is 543. The number of thioether (sulfide) groups is 1. The van der Waals surface area contributed by atoms with E-state index >= 15 is 0 Å². The number of halogens is 2. The lowest BCUT2D eigenvalue weighted by Gasteiger charge is -2.11. The van der Waals surface area contributed by atoms with Gasteiger partial charge in [-0.1, -0.05) is 35.3 Å². The zero-order valence-electron chi connectivity index (χ0n) is 9.91. The molecule has 0 spiro atoms. The molecule has 0 atom stereocenters. The number of rotatable bonds is 4. The molecule has 1 nitrogen and oxygen atoms in total. The number of anilines is 1. The van der Waals surface area contributed by atoms with Crippen LogP contribution in [0.1, 0.15) is 5.56 Å². The first-order valence-corrected chi connectivity index (χ1v) is 7.49. The second-order valence-corrected chi connectivity index (χ2v) is 5.48. The highest BCUT2D eigenvalue weighted by Gasteiger charge is 2.03. The molecule has 18 heavy (non-hydrogen) atoms. The van der Waals surface area contributed by atoms with E-state index in [2.05, 4.69) is 23.7 Å². The van der Waals surface area contributed by atoms with E-state index in [-0.39, 0.29) is 0 Å². The molecule has 0 amide bonds. The van der Waals surface area contributed by atoms with Crippen molar-refractivity contribution in [2.75, 3.05) is 11.6 Å². The molecule has 1 N–H and O–H groups in total. The van der Waals surface area contributed by atoms with Gasteiger partial charge < -0.3 is 5.32 Å². The molecule has 0 aliphatic heterocycles. The van der Waals surface area contributed by atoms with Crippen molar-refractivity contribution in [1.82, 2.24) is 0 Å². The Balaban J connectivity index is 2.14. The van der Waals surface area contributed by atoms with E-state index in [9.17, 15) is 0 Å². The largest absolute Gasteiger partial charge is 0.380 e. The van der Waals surface area contributed by atoms with Crippen molar-refractivity contribution < 1.29 is 0 Å². The quantitative estimate of drug-likeness (QED) is 0.766. The fraction of sp³-hybridized carbons (Fsp3) is 0.143. The Kier molecular flexibility index (Phi) is 4.81. The minimum atomic E-state index is 0.664. The lowest BCUT2D eigenvalue weighted by atomic mass is 10.2. The zero-order chi connectivity index (χ0) is 13.0. The molecule has 2 rings (SSSR count). The summed E-state index contributed by atoms with van der Waals surface area (Å²) in [5, 5.41) is 4.82. The van der Waals surface area contributed by atoms with Gasteiger partial charge in [0.1, 0.15) is 0 Å². The molecular formula is C14H13Cl2NS. The highest BCUT2D eigenvalue weighted by Crippen LogP contribution is 2.26. The predicted octanol–water partition coefficient (Wildman–Crippen LogP) is 5.33. The number of hydrogen-bond donors (Lipinski definition) is 1. The fourth-order valence-electron chi connectivity index (χ4n) is 1.66. The first kappa shape index (κ1) is 13.6. The molecule has 2 aromatic rings. The summed E-state index contributed by atoms with van der Waals surface area (Å²) in [4.78, 5) is 1.22. The molecule has 0 saturated carbocycles. The molecule has 0 fully saturated rings. The van der Waals surface area contributed by atoms with Crippen LogP contribution in [-0.2, 0) is 6.54 Å². The number of nitrogens with one attached hydrogen (secondary N) is 1. The highest BCUT2D eigenvalue weighted by molar-refractivity contribution is 7.98. The molecule has 2 aromatic carbocycles. The van der Waals surface area contributed by atoms with Gasteiger partial charge in [-0.2, -0.15) is 0 Å². The molecule has 0 unspecified atom stereocenters. The highest BCUT2D eigenvalue weighted by atomic mass is 35.5. The van der Waals surface area contributed by atoms with E-state index in [1.807, 2.05) is 24.3 Å². The normalized spacial score (nSPS) is 10.4. The maximum absolute atomic E-state index is 6.13. The van der Waals surface area contributed by atoms with Gasteiger partial charge in [-0.3, -0.25) is 0 Å². The van der Waals surface area contributed by atoms with E-state index in [1.165, 1.54) is 4.90 Å². The summed E-state index contributed by atoms with van der Waals surface area (Å²) in [5.41, 5.74) is 2.11. The first-order valence-electron chi connectivity index (χ1n) is 5.51. The van der Waals surface area contributed by atoms with Crippen LogP contribution in [-0.4, -0.2) is 6.26 Å². The summed E-state index contributed by atoms with van der Waals surface area (Å²) in [6, 6.07) is 13.7. The van der Waals surface area contributed by atoms with Crippen LogP contribution in [0.5, 0.6) is 0 Å². The molecule has 94 valence electrons. The van der Waals surface area contributed by atoms with Gasteiger partial charge >= 0.3 is 0 Å². The summed E-state index contributed by atoms with van der Waals surface area (Å²) in [7, 11) is 0. The summed E-state index contributed by atoms with van der Waals surface area (Å²) in [6.07, 6.45) is 2.06. The van der Waals surface area contributed by atoms with Gasteiger partial charge in [0.05, 0.1) is 0 Å². The lowest BCUT2D eigenvalue weighted by molar-refractivity contribution is 1.13. The third kappa shape index (κ3) is 3.35. The third-order valence-corrected chi connectivity index (χ3v) is 3.98. The fourth-order valence-corrected chi connectivity index (χ4v) is 2.61. The molecule has 0 aliphatic rings. The minimum Gasteiger partial charge on any atom is -0.380 e. The monoisotopic (exact) mass is 297 g/mol. The zero-order valence-corrected chi connectivity index (χ0v) is 12.2. The van der Waals surface area contributed by atoms with Gasteiger partial charge in [0.25, 0.3) is 0 Å². The molecule has 0 aliphatic carbocycles. The molecule has 0 heterocycles. The second kappa shape index (κ2) is 6.37. The van der Waals surface area contributed by atoms with Crippen molar-refractivity contribution in [2.45, 2.75) is 11.4 Å². The molecule has 0 saturated heterocycles. The first-order chi connectivity index (χ1) is 8.70. The van der Waals surface area contributed by atoms with Gasteiger partial charge in [-0.15, -0.1) is 11.8 Å². The van der Waals surface area contributed by atoms with Crippen LogP contribution in [0.3, 0.4) is 0 Å². The standard InChI is InChI=1S/C14H13Cl2NS/c1-18-14-5-3-2-4-13(14)17-9-10-8-11(15)6-7-12(10)16/h2-8,17H,9H2,1H3. The molecular weight excluding hydrogens is 285 g/mol. The van der Waals surface area contributed by atoms with Gasteiger partial charge in [-0.25, -0.2) is 0 Å². The Morgan fingerprint density at radius 2 is 1.89 bits per heavy atom. The SMILES string of the molecule is CSc1ccccc1NCc1cc(Cl)ccc1Cl. The van der Waals surface area contributed by atoms with E-state index in [0.717, 1.165) is 16.3 Å². The van der Waals surface area contributed by atoms with Crippen LogP contribution < -0.4 is 5.32 Å². The minimum absolute atomic E-state index is 0.664. The van der Waals surface area contributed by atoms with Gasteiger partial charge in [0, 0.05) is 27.2 Å². The Labute approximate surface area is 121 Å². The number of hydrogen-bond acceptors (Lipinski definition) is 2. The van der Waals surface area contributed by atoms with Crippen molar-refractivity contribution in [3.8, 4) is 0 Å². The smallest absolute Gasteiger partial charge is 0.0480 e. The third-order valence-electron chi connectivity index (χ3n) is 2.58. The molecule has 0 bridgehead atoms. The van der Waals surface area contributed by atoms with Crippen LogP contribution in [0.25, 0.3) is 0 Å². The van der Waals surface area contributed by atoms with Crippen LogP contribution in [0.15, 0.2) is 47.4 Å².